The van der Waals surface area contributed by atoms with Crippen molar-refractivity contribution in [3.8, 4) is 0 Å². The van der Waals surface area contributed by atoms with Gasteiger partial charge in [-0.1, -0.05) is 0 Å². The summed E-state index contributed by atoms with van der Waals surface area (Å²) < 4.78 is 27.7. The first-order valence-electron chi connectivity index (χ1n) is 5.53. The summed E-state index contributed by atoms with van der Waals surface area (Å²) in [6.07, 6.45) is 3.10. The van der Waals surface area contributed by atoms with Crippen LogP contribution in [0.1, 0.15) is 37.6 Å². The molecule has 1 fully saturated rings. The SMILES string of the molecule is Cn1ccnc1C(O)C1CCC(F)(F)CC1. The maximum atomic E-state index is 13.0. The van der Waals surface area contributed by atoms with Crippen LogP contribution in [0.15, 0.2) is 12.4 Å². The molecule has 0 amide bonds. The second kappa shape index (κ2) is 4.13. The molecule has 1 unspecified atom stereocenters. The van der Waals surface area contributed by atoms with Gasteiger partial charge in [0.25, 0.3) is 0 Å². The molecular weight excluding hydrogens is 214 g/mol. The summed E-state index contributed by atoms with van der Waals surface area (Å²) in [4.78, 5) is 4.05. The van der Waals surface area contributed by atoms with E-state index in [1.807, 2.05) is 0 Å². The van der Waals surface area contributed by atoms with Crippen LogP contribution in [-0.2, 0) is 7.05 Å². The van der Waals surface area contributed by atoms with Crippen molar-refractivity contribution in [1.29, 1.82) is 0 Å². The van der Waals surface area contributed by atoms with Crippen molar-refractivity contribution in [3.63, 3.8) is 0 Å². The van der Waals surface area contributed by atoms with E-state index < -0.39 is 12.0 Å². The molecule has 1 aromatic rings. The summed E-state index contributed by atoms with van der Waals surface area (Å²) in [7, 11) is 1.79. The van der Waals surface area contributed by atoms with E-state index in [4.69, 9.17) is 0 Å². The average Bonchev–Trinajstić information content (AvgIpc) is 2.63. The van der Waals surface area contributed by atoms with E-state index in [0.29, 0.717) is 18.7 Å². The summed E-state index contributed by atoms with van der Waals surface area (Å²) in [5.74, 6) is -2.08. The summed E-state index contributed by atoms with van der Waals surface area (Å²) in [6, 6.07) is 0. The van der Waals surface area contributed by atoms with E-state index in [-0.39, 0.29) is 18.8 Å². The van der Waals surface area contributed by atoms with Crippen LogP contribution < -0.4 is 0 Å². The summed E-state index contributed by atoms with van der Waals surface area (Å²) in [5, 5.41) is 10.1. The molecule has 2 rings (SSSR count). The molecule has 1 aliphatic carbocycles. The zero-order valence-electron chi connectivity index (χ0n) is 9.24. The third-order valence-corrected chi connectivity index (χ3v) is 3.33. The third-order valence-electron chi connectivity index (χ3n) is 3.33. The Bertz CT molecular complexity index is 355. The highest BCUT2D eigenvalue weighted by atomic mass is 19.3. The summed E-state index contributed by atoms with van der Waals surface area (Å²) >= 11 is 0. The average molecular weight is 230 g/mol. The number of hydrogen-bond acceptors (Lipinski definition) is 2. The monoisotopic (exact) mass is 230 g/mol. The fourth-order valence-corrected chi connectivity index (χ4v) is 2.25. The topological polar surface area (TPSA) is 38.0 Å². The van der Waals surface area contributed by atoms with Crippen LogP contribution in [0.4, 0.5) is 8.78 Å². The number of nitrogens with zero attached hydrogens (tertiary/aromatic N) is 2. The minimum atomic E-state index is -2.54. The molecule has 90 valence electrons. The van der Waals surface area contributed by atoms with Crippen LogP contribution in [0, 0.1) is 5.92 Å². The smallest absolute Gasteiger partial charge is 0.248 e. The van der Waals surface area contributed by atoms with Crippen LogP contribution in [0.3, 0.4) is 0 Å². The van der Waals surface area contributed by atoms with Crippen LogP contribution in [0.2, 0.25) is 0 Å². The Kier molecular flexibility index (Phi) is 2.97. The van der Waals surface area contributed by atoms with Crippen molar-refractivity contribution in [2.24, 2.45) is 13.0 Å². The van der Waals surface area contributed by atoms with Crippen molar-refractivity contribution < 1.29 is 13.9 Å². The van der Waals surface area contributed by atoms with Gasteiger partial charge in [-0.3, -0.25) is 0 Å². The van der Waals surface area contributed by atoms with Crippen molar-refractivity contribution >= 4 is 0 Å². The minimum Gasteiger partial charge on any atom is -0.385 e. The van der Waals surface area contributed by atoms with Gasteiger partial charge in [-0.05, 0) is 18.8 Å². The first-order chi connectivity index (χ1) is 7.49. The Labute approximate surface area is 93.1 Å². The number of aryl methyl sites for hydroxylation is 1. The minimum absolute atomic E-state index is 0.0966. The number of halogens is 2. The third kappa shape index (κ3) is 2.24. The van der Waals surface area contributed by atoms with E-state index in [1.165, 1.54) is 0 Å². The zero-order valence-corrected chi connectivity index (χ0v) is 9.24. The van der Waals surface area contributed by atoms with E-state index in [2.05, 4.69) is 4.98 Å². The molecule has 1 atom stereocenters. The maximum absolute atomic E-state index is 13.0. The van der Waals surface area contributed by atoms with Crippen LogP contribution in [0.25, 0.3) is 0 Å². The first-order valence-corrected chi connectivity index (χ1v) is 5.53. The van der Waals surface area contributed by atoms with Gasteiger partial charge in [0.1, 0.15) is 11.9 Å². The van der Waals surface area contributed by atoms with Gasteiger partial charge in [0.05, 0.1) is 0 Å². The Morgan fingerprint density at radius 3 is 2.62 bits per heavy atom. The van der Waals surface area contributed by atoms with Gasteiger partial charge in [-0.15, -0.1) is 0 Å². The van der Waals surface area contributed by atoms with E-state index >= 15 is 0 Å². The van der Waals surface area contributed by atoms with Gasteiger partial charge in [0.15, 0.2) is 0 Å². The lowest BCUT2D eigenvalue weighted by molar-refractivity contribution is -0.0640. The largest absolute Gasteiger partial charge is 0.385 e. The normalized spacial score (nSPS) is 23.2. The number of rotatable bonds is 2. The molecule has 0 aliphatic heterocycles. The molecule has 0 saturated heterocycles. The fourth-order valence-electron chi connectivity index (χ4n) is 2.25. The van der Waals surface area contributed by atoms with Gasteiger partial charge in [0.2, 0.25) is 5.92 Å². The molecule has 0 spiro atoms. The predicted octanol–water partition coefficient (Wildman–Crippen LogP) is 2.28. The van der Waals surface area contributed by atoms with Gasteiger partial charge < -0.3 is 9.67 Å². The lowest BCUT2D eigenvalue weighted by atomic mass is 9.83. The Balaban J connectivity index is 2.02. The summed E-state index contributed by atoms with van der Waals surface area (Å²) in [5.41, 5.74) is 0. The number of aliphatic hydroxyl groups excluding tert-OH is 1. The Hall–Kier alpha value is -0.970. The molecular formula is C11H16F2N2O. The van der Waals surface area contributed by atoms with Crippen molar-refractivity contribution in [1.82, 2.24) is 9.55 Å². The summed E-state index contributed by atoms with van der Waals surface area (Å²) in [6.45, 7) is 0. The number of imidazole rings is 1. The van der Waals surface area contributed by atoms with Crippen molar-refractivity contribution in [2.45, 2.75) is 37.7 Å². The fraction of sp³-hybridized carbons (Fsp3) is 0.727. The second-order valence-electron chi connectivity index (χ2n) is 4.53. The predicted molar refractivity (Wildman–Crippen MR) is 55.1 cm³/mol. The highest BCUT2D eigenvalue weighted by Crippen LogP contribution is 2.40. The van der Waals surface area contributed by atoms with Crippen molar-refractivity contribution in [2.75, 3.05) is 0 Å². The molecule has 16 heavy (non-hydrogen) atoms. The number of aromatic nitrogens is 2. The van der Waals surface area contributed by atoms with Crippen LogP contribution >= 0.6 is 0 Å². The van der Waals surface area contributed by atoms with E-state index in [9.17, 15) is 13.9 Å². The van der Waals surface area contributed by atoms with Gasteiger partial charge in [-0.2, -0.15) is 0 Å². The van der Waals surface area contributed by atoms with Gasteiger partial charge in [0, 0.05) is 32.3 Å². The van der Waals surface area contributed by atoms with Crippen molar-refractivity contribution in [3.05, 3.63) is 18.2 Å². The molecule has 1 heterocycles. The number of alkyl halides is 2. The second-order valence-corrected chi connectivity index (χ2v) is 4.53. The maximum Gasteiger partial charge on any atom is 0.248 e. The molecule has 1 aliphatic rings. The van der Waals surface area contributed by atoms with Crippen LogP contribution in [-0.4, -0.2) is 20.6 Å². The number of aliphatic hydroxyl groups is 1. The molecule has 0 aromatic carbocycles. The standard InChI is InChI=1S/C11H16F2N2O/c1-15-7-6-14-10(15)9(16)8-2-4-11(12,13)5-3-8/h6-9,16H,2-5H2,1H3. The Morgan fingerprint density at radius 1 is 1.50 bits per heavy atom. The Morgan fingerprint density at radius 2 is 2.12 bits per heavy atom. The molecule has 0 bridgehead atoms. The molecule has 1 N–H and O–H groups in total. The molecule has 0 radical (unpaired) electrons. The zero-order chi connectivity index (χ0) is 11.8. The number of hydrogen-bond donors (Lipinski definition) is 1. The highest BCUT2D eigenvalue weighted by Gasteiger charge is 2.38. The van der Waals surface area contributed by atoms with Crippen LogP contribution in [0.5, 0.6) is 0 Å². The molecule has 1 aromatic heterocycles. The highest BCUT2D eigenvalue weighted by molar-refractivity contribution is 4.98. The quantitative estimate of drug-likeness (QED) is 0.846. The lowest BCUT2D eigenvalue weighted by Crippen LogP contribution is -2.28. The molecule has 1 saturated carbocycles. The van der Waals surface area contributed by atoms with Gasteiger partial charge in [-0.25, -0.2) is 13.8 Å². The van der Waals surface area contributed by atoms with E-state index in [1.54, 1.807) is 24.0 Å². The van der Waals surface area contributed by atoms with E-state index in [0.717, 1.165) is 0 Å². The lowest BCUT2D eigenvalue weighted by Gasteiger charge is -2.30. The molecule has 3 nitrogen and oxygen atoms in total. The first kappa shape index (κ1) is 11.5. The van der Waals surface area contributed by atoms with Gasteiger partial charge >= 0.3 is 0 Å². The molecule has 5 heteroatoms.